The molecule has 3 aromatic rings. The molecule has 0 saturated heterocycles. The van der Waals surface area contributed by atoms with Gasteiger partial charge in [-0.1, -0.05) is 54.1 Å². The molecular weight excluding hydrogens is 477 g/mol. The van der Waals surface area contributed by atoms with Crippen LogP contribution in [0.25, 0.3) is 10.2 Å². The van der Waals surface area contributed by atoms with E-state index in [1.165, 1.54) is 14.0 Å². The highest BCUT2D eigenvalue weighted by atomic mass is 127. The molecule has 0 spiro atoms. The van der Waals surface area contributed by atoms with E-state index in [1.54, 1.807) is 11.3 Å². The van der Waals surface area contributed by atoms with Crippen molar-refractivity contribution in [3.63, 3.8) is 0 Å². The predicted molar refractivity (Wildman–Crippen MR) is 120 cm³/mol. The molecule has 0 fully saturated rings. The van der Waals surface area contributed by atoms with Gasteiger partial charge in [0.05, 0.1) is 19.5 Å². The summed E-state index contributed by atoms with van der Waals surface area (Å²) in [5.74, 6) is 0.354. The number of halogens is 2. The standard InChI is InChI=1S/C20H19ClIN3S/c21-16-10-15(24-11-12-6-2-1-3-7-12)20-18(25-16)17(22)19(26-20)13-8-4-5-9-14(13)23/h1-7,10,13-14H,8-9,11,23H2,(H,24,25)/t13-,14-/m0/s1. The fourth-order valence-corrected chi connectivity index (χ4v) is 6.14. The lowest BCUT2D eigenvalue weighted by Gasteiger charge is -2.24. The van der Waals surface area contributed by atoms with Gasteiger partial charge < -0.3 is 11.1 Å². The maximum atomic E-state index is 6.39. The molecule has 2 heterocycles. The van der Waals surface area contributed by atoms with Gasteiger partial charge in [-0.05, 0) is 41.0 Å². The second-order valence-corrected chi connectivity index (χ2v) is 9.02. The Labute approximate surface area is 175 Å². The van der Waals surface area contributed by atoms with Gasteiger partial charge in [0.1, 0.15) is 5.15 Å². The number of nitrogens with zero attached hydrogens (tertiary/aromatic N) is 1. The average Bonchev–Trinajstić information content (AvgIpc) is 2.98. The van der Waals surface area contributed by atoms with Crippen LogP contribution in [0.5, 0.6) is 0 Å². The number of nitrogens with one attached hydrogen (secondary N) is 1. The summed E-state index contributed by atoms with van der Waals surface area (Å²) >= 11 is 10.5. The normalized spacial score (nSPS) is 19.8. The molecule has 1 aliphatic rings. The van der Waals surface area contributed by atoms with Crippen molar-refractivity contribution in [1.29, 1.82) is 0 Å². The molecule has 0 bridgehead atoms. The van der Waals surface area contributed by atoms with Crippen LogP contribution in [0.2, 0.25) is 5.15 Å². The highest BCUT2D eigenvalue weighted by molar-refractivity contribution is 14.1. The minimum Gasteiger partial charge on any atom is -0.380 e. The van der Waals surface area contributed by atoms with E-state index in [-0.39, 0.29) is 6.04 Å². The molecule has 1 aliphatic carbocycles. The maximum Gasteiger partial charge on any atom is 0.131 e. The number of benzene rings is 1. The monoisotopic (exact) mass is 495 g/mol. The third kappa shape index (κ3) is 3.63. The first kappa shape index (κ1) is 18.2. The van der Waals surface area contributed by atoms with Gasteiger partial charge in [-0.3, -0.25) is 0 Å². The van der Waals surface area contributed by atoms with Gasteiger partial charge in [0.25, 0.3) is 0 Å². The fourth-order valence-electron chi connectivity index (χ4n) is 3.33. The third-order valence-corrected chi connectivity index (χ3v) is 7.72. The van der Waals surface area contributed by atoms with Crippen LogP contribution in [0, 0.1) is 3.57 Å². The Morgan fingerprint density at radius 1 is 1.23 bits per heavy atom. The van der Waals surface area contributed by atoms with Crippen molar-refractivity contribution >= 4 is 61.4 Å². The van der Waals surface area contributed by atoms with E-state index in [0.717, 1.165) is 35.3 Å². The lowest BCUT2D eigenvalue weighted by molar-refractivity contribution is 0.527. The van der Waals surface area contributed by atoms with E-state index < -0.39 is 0 Å². The second-order valence-electron chi connectivity index (χ2n) is 6.50. The molecule has 26 heavy (non-hydrogen) atoms. The zero-order valence-electron chi connectivity index (χ0n) is 14.1. The number of fused-ring (bicyclic) bond motifs is 1. The van der Waals surface area contributed by atoms with Gasteiger partial charge in [-0.15, -0.1) is 11.3 Å². The smallest absolute Gasteiger partial charge is 0.131 e. The van der Waals surface area contributed by atoms with Gasteiger partial charge >= 0.3 is 0 Å². The van der Waals surface area contributed by atoms with E-state index in [0.29, 0.717) is 11.1 Å². The summed E-state index contributed by atoms with van der Waals surface area (Å²) in [5, 5.41) is 4.05. The van der Waals surface area contributed by atoms with Gasteiger partial charge in [0.15, 0.2) is 0 Å². The van der Waals surface area contributed by atoms with E-state index >= 15 is 0 Å². The van der Waals surface area contributed by atoms with E-state index in [1.807, 2.05) is 12.1 Å². The number of pyridine rings is 1. The van der Waals surface area contributed by atoms with E-state index in [9.17, 15) is 0 Å². The van der Waals surface area contributed by atoms with E-state index in [2.05, 4.69) is 69.3 Å². The Morgan fingerprint density at radius 3 is 2.77 bits per heavy atom. The summed E-state index contributed by atoms with van der Waals surface area (Å²) in [4.78, 5) is 5.93. The molecule has 6 heteroatoms. The van der Waals surface area contributed by atoms with Crippen LogP contribution in [-0.2, 0) is 6.54 Å². The molecule has 134 valence electrons. The second kappa shape index (κ2) is 7.84. The summed E-state index contributed by atoms with van der Waals surface area (Å²) < 4.78 is 2.34. The minimum absolute atomic E-state index is 0.165. The largest absolute Gasteiger partial charge is 0.380 e. The highest BCUT2D eigenvalue weighted by Gasteiger charge is 2.27. The average molecular weight is 496 g/mol. The molecule has 2 aromatic heterocycles. The Kier molecular flexibility index (Phi) is 5.50. The number of aromatic nitrogens is 1. The fraction of sp³-hybridized carbons (Fsp3) is 0.250. The maximum absolute atomic E-state index is 6.39. The molecule has 2 atom stereocenters. The lowest BCUT2D eigenvalue weighted by atomic mass is 9.88. The Bertz CT molecular complexity index is 955. The van der Waals surface area contributed by atoms with Crippen LogP contribution in [0.3, 0.4) is 0 Å². The summed E-state index contributed by atoms with van der Waals surface area (Å²) in [6.07, 6.45) is 6.35. The number of hydrogen-bond donors (Lipinski definition) is 2. The minimum atomic E-state index is 0.165. The van der Waals surface area contributed by atoms with Crippen LogP contribution in [-0.4, -0.2) is 11.0 Å². The van der Waals surface area contributed by atoms with Crippen molar-refractivity contribution in [2.24, 2.45) is 5.73 Å². The summed E-state index contributed by atoms with van der Waals surface area (Å²) in [6.45, 7) is 0.756. The Hall–Kier alpha value is -1.15. The van der Waals surface area contributed by atoms with E-state index in [4.69, 9.17) is 17.3 Å². The number of allylic oxidation sites excluding steroid dienone is 1. The Morgan fingerprint density at radius 2 is 2.00 bits per heavy atom. The van der Waals surface area contributed by atoms with Crippen molar-refractivity contribution < 1.29 is 0 Å². The molecule has 4 rings (SSSR count). The van der Waals surface area contributed by atoms with Crippen molar-refractivity contribution in [3.8, 4) is 0 Å². The highest BCUT2D eigenvalue weighted by Crippen LogP contribution is 2.43. The third-order valence-electron chi connectivity index (χ3n) is 4.72. The van der Waals surface area contributed by atoms with Crippen LogP contribution >= 0.6 is 45.5 Å². The molecule has 0 radical (unpaired) electrons. The summed E-state index contributed by atoms with van der Waals surface area (Å²) in [7, 11) is 0. The molecule has 3 nitrogen and oxygen atoms in total. The van der Waals surface area contributed by atoms with Gasteiger partial charge in [-0.2, -0.15) is 0 Å². The van der Waals surface area contributed by atoms with Crippen LogP contribution in [0.15, 0.2) is 48.6 Å². The van der Waals surface area contributed by atoms with Crippen LogP contribution in [0.1, 0.15) is 29.2 Å². The Balaban J connectivity index is 1.72. The van der Waals surface area contributed by atoms with Gasteiger partial charge in [0, 0.05) is 29.4 Å². The van der Waals surface area contributed by atoms with Crippen molar-refractivity contribution in [2.75, 3.05) is 5.32 Å². The quantitative estimate of drug-likeness (QED) is 0.268. The first-order chi connectivity index (χ1) is 12.6. The lowest BCUT2D eigenvalue weighted by Crippen LogP contribution is -2.29. The number of nitrogens with two attached hydrogens (primary N) is 1. The molecule has 0 aliphatic heterocycles. The number of anilines is 1. The zero-order chi connectivity index (χ0) is 18.1. The number of hydrogen-bond acceptors (Lipinski definition) is 4. The zero-order valence-corrected chi connectivity index (χ0v) is 17.8. The molecule has 3 N–H and O–H groups in total. The summed E-state index contributed by atoms with van der Waals surface area (Å²) in [6, 6.07) is 12.4. The predicted octanol–water partition coefficient (Wildman–Crippen LogP) is 5.93. The van der Waals surface area contributed by atoms with Gasteiger partial charge in [0.2, 0.25) is 0 Å². The SMILES string of the molecule is N[C@H]1CC=CC[C@@H]1c1sc2c(NCc3ccccc3)cc(Cl)nc2c1I. The molecule has 1 aromatic carbocycles. The van der Waals surface area contributed by atoms with Gasteiger partial charge in [-0.25, -0.2) is 4.98 Å². The van der Waals surface area contributed by atoms with Crippen LogP contribution in [0.4, 0.5) is 5.69 Å². The van der Waals surface area contributed by atoms with Crippen molar-refractivity contribution in [3.05, 3.63) is 67.7 Å². The van der Waals surface area contributed by atoms with Crippen LogP contribution < -0.4 is 11.1 Å². The molecule has 0 saturated carbocycles. The topological polar surface area (TPSA) is 50.9 Å². The van der Waals surface area contributed by atoms with Crippen molar-refractivity contribution in [1.82, 2.24) is 4.98 Å². The molecule has 0 unspecified atom stereocenters. The van der Waals surface area contributed by atoms with Crippen molar-refractivity contribution in [2.45, 2.75) is 31.3 Å². The summed E-state index contributed by atoms with van der Waals surface area (Å²) in [5.41, 5.74) is 9.65. The first-order valence-corrected chi connectivity index (χ1v) is 10.9. The number of thiophene rings is 1. The molecular formula is C20H19ClIN3S. The first-order valence-electron chi connectivity index (χ1n) is 8.60. The molecule has 0 amide bonds. The number of rotatable bonds is 4.